The van der Waals surface area contributed by atoms with E-state index in [9.17, 15) is 14.0 Å². The summed E-state index contributed by atoms with van der Waals surface area (Å²) in [6.45, 7) is 1.60. The van der Waals surface area contributed by atoms with Crippen molar-refractivity contribution in [1.29, 1.82) is 0 Å². The number of hydrogen-bond donors (Lipinski definition) is 0. The topological polar surface area (TPSA) is 104 Å². The van der Waals surface area contributed by atoms with Crippen LogP contribution in [0.15, 0.2) is 61.8 Å². The van der Waals surface area contributed by atoms with Crippen LogP contribution in [-0.4, -0.2) is 39.0 Å². The van der Waals surface area contributed by atoms with E-state index >= 15 is 0 Å². The average Bonchev–Trinajstić information content (AvgIpc) is 3.43. The lowest BCUT2D eigenvalue weighted by molar-refractivity contribution is -0.123. The summed E-state index contributed by atoms with van der Waals surface area (Å²) in [5, 5.41) is 13.2. The van der Waals surface area contributed by atoms with Crippen molar-refractivity contribution in [3.05, 3.63) is 64.2 Å². The van der Waals surface area contributed by atoms with E-state index in [1.54, 1.807) is 6.92 Å². The highest BCUT2D eigenvalue weighted by Crippen LogP contribution is 2.33. The predicted molar refractivity (Wildman–Crippen MR) is 109 cm³/mol. The molecule has 0 N–H and O–H groups in total. The molecule has 1 aromatic heterocycles. The Kier molecular flexibility index (Phi) is 4.62. The summed E-state index contributed by atoms with van der Waals surface area (Å²) >= 11 is 3.44. The first-order valence-corrected chi connectivity index (χ1v) is 10.1. The monoisotopic (exact) mass is 484 g/mol. The Labute approximate surface area is 183 Å². The van der Waals surface area contributed by atoms with Crippen molar-refractivity contribution >= 4 is 33.4 Å². The number of aromatic nitrogens is 2. The Morgan fingerprint density at radius 1 is 1.16 bits per heavy atom. The third-order valence-electron chi connectivity index (χ3n) is 5.15. The maximum Gasteiger partial charge on any atom is 0.263 e. The quantitative estimate of drug-likeness (QED) is 0.525. The van der Waals surface area contributed by atoms with Gasteiger partial charge in [-0.3, -0.25) is 14.6 Å². The van der Waals surface area contributed by atoms with Gasteiger partial charge in [-0.1, -0.05) is 44.5 Å². The third-order valence-corrected chi connectivity index (χ3v) is 5.84. The molecule has 1 saturated heterocycles. The smallest absolute Gasteiger partial charge is 0.263 e. The minimum Gasteiger partial charge on any atom is -0.337 e. The molecule has 2 amide bonds. The molecule has 9 nitrogen and oxygen atoms in total. The number of hydrogen-bond acceptors (Lipinski definition) is 8. The first kappa shape index (κ1) is 19.5. The standard InChI is InChI=1S/C20H14BrFN6O3/c1-10-6-7-11(8-14(10)22)28-19(29)16-17(20(28)30)27(26-24-16)9-15-23-18(25-31-15)12-4-2-3-5-13(12)21/h2-8,16-17H,9H2,1H3. The molecule has 0 bridgehead atoms. The Hall–Kier alpha value is -3.47. The highest BCUT2D eigenvalue weighted by molar-refractivity contribution is 9.10. The summed E-state index contributed by atoms with van der Waals surface area (Å²) in [5.41, 5.74) is 1.33. The number of nitrogens with zero attached hydrogens (tertiary/aromatic N) is 6. The van der Waals surface area contributed by atoms with Crippen LogP contribution in [0.3, 0.4) is 0 Å². The van der Waals surface area contributed by atoms with Crippen molar-refractivity contribution in [1.82, 2.24) is 15.1 Å². The Bertz CT molecular complexity index is 1250. The molecule has 2 aliphatic heterocycles. The summed E-state index contributed by atoms with van der Waals surface area (Å²) in [4.78, 5) is 31.1. The summed E-state index contributed by atoms with van der Waals surface area (Å²) < 4.78 is 20.1. The fraction of sp³-hybridized carbons (Fsp3) is 0.200. The summed E-state index contributed by atoms with van der Waals surface area (Å²) in [6, 6.07) is 9.67. The normalized spacial score (nSPS) is 20.1. The van der Waals surface area contributed by atoms with Crippen LogP contribution in [0.5, 0.6) is 0 Å². The van der Waals surface area contributed by atoms with E-state index in [1.807, 2.05) is 24.3 Å². The number of anilines is 1. The molecule has 5 rings (SSSR count). The SMILES string of the molecule is Cc1ccc(N2C(=O)C3N=NN(Cc4nc(-c5ccccc5Br)no4)C3C2=O)cc1F. The van der Waals surface area contributed by atoms with E-state index in [0.29, 0.717) is 11.4 Å². The molecule has 2 unspecified atom stereocenters. The lowest BCUT2D eigenvalue weighted by atomic mass is 10.1. The molecule has 156 valence electrons. The maximum atomic E-state index is 14.0. The number of carbonyl (C=O) groups excluding carboxylic acids is 2. The highest BCUT2D eigenvalue weighted by Gasteiger charge is 2.55. The molecule has 11 heteroatoms. The van der Waals surface area contributed by atoms with E-state index in [2.05, 4.69) is 36.4 Å². The zero-order chi connectivity index (χ0) is 21.7. The van der Waals surface area contributed by atoms with Gasteiger partial charge in [-0.25, -0.2) is 9.29 Å². The zero-order valence-corrected chi connectivity index (χ0v) is 17.7. The lowest BCUT2D eigenvalue weighted by Crippen LogP contribution is -2.39. The fourth-order valence-corrected chi connectivity index (χ4v) is 4.00. The van der Waals surface area contributed by atoms with E-state index < -0.39 is 29.7 Å². The van der Waals surface area contributed by atoms with Crippen LogP contribution in [0.25, 0.3) is 11.4 Å². The van der Waals surface area contributed by atoms with E-state index in [-0.39, 0.29) is 18.1 Å². The second-order valence-electron chi connectivity index (χ2n) is 7.13. The van der Waals surface area contributed by atoms with Crippen LogP contribution in [0.1, 0.15) is 11.5 Å². The van der Waals surface area contributed by atoms with Gasteiger partial charge in [-0.05, 0) is 36.8 Å². The first-order chi connectivity index (χ1) is 14.9. The van der Waals surface area contributed by atoms with Crippen molar-refractivity contribution in [3.8, 4) is 11.4 Å². The molecule has 1 fully saturated rings. The molecule has 0 aliphatic carbocycles. The second kappa shape index (κ2) is 7.34. The van der Waals surface area contributed by atoms with Gasteiger partial charge < -0.3 is 4.52 Å². The Morgan fingerprint density at radius 3 is 2.74 bits per heavy atom. The Morgan fingerprint density at radius 2 is 1.97 bits per heavy atom. The van der Waals surface area contributed by atoms with Gasteiger partial charge in [0.15, 0.2) is 12.1 Å². The lowest BCUT2D eigenvalue weighted by Gasteiger charge is -2.19. The maximum absolute atomic E-state index is 14.0. The van der Waals surface area contributed by atoms with Gasteiger partial charge in [0, 0.05) is 10.0 Å². The number of imide groups is 1. The van der Waals surface area contributed by atoms with Crippen molar-refractivity contribution in [3.63, 3.8) is 0 Å². The van der Waals surface area contributed by atoms with Crippen molar-refractivity contribution < 1.29 is 18.5 Å². The third kappa shape index (κ3) is 3.21. The number of aryl methyl sites for hydroxylation is 1. The minimum absolute atomic E-state index is 0.00274. The fourth-order valence-electron chi connectivity index (χ4n) is 3.54. The average molecular weight is 485 g/mol. The molecule has 0 saturated carbocycles. The molecular weight excluding hydrogens is 471 g/mol. The van der Waals surface area contributed by atoms with Gasteiger partial charge in [0.05, 0.1) is 5.69 Å². The molecule has 2 atom stereocenters. The van der Waals surface area contributed by atoms with Crippen LogP contribution in [0, 0.1) is 12.7 Å². The molecule has 3 aromatic rings. The molecule has 0 spiro atoms. The largest absolute Gasteiger partial charge is 0.337 e. The van der Waals surface area contributed by atoms with Crippen molar-refractivity contribution in [2.45, 2.75) is 25.6 Å². The molecule has 3 heterocycles. The van der Waals surface area contributed by atoms with E-state index in [1.165, 1.54) is 17.1 Å². The number of rotatable bonds is 4. The zero-order valence-electron chi connectivity index (χ0n) is 16.1. The summed E-state index contributed by atoms with van der Waals surface area (Å²) in [5.74, 6) is -0.997. The molecule has 2 aliphatic rings. The number of halogens is 2. The van der Waals surface area contributed by atoms with Gasteiger partial charge >= 0.3 is 0 Å². The van der Waals surface area contributed by atoms with E-state index in [0.717, 1.165) is 21.0 Å². The van der Waals surface area contributed by atoms with Crippen LogP contribution in [-0.2, 0) is 16.1 Å². The summed E-state index contributed by atoms with van der Waals surface area (Å²) in [7, 11) is 0. The number of amides is 2. The van der Waals surface area contributed by atoms with Crippen LogP contribution in [0.4, 0.5) is 10.1 Å². The van der Waals surface area contributed by atoms with Crippen LogP contribution in [0.2, 0.25) is 0 Å². The highest BCUT2D eigenvalue weighted by atomic mass is 79.9. The van der Waals surface area contributed by atoms with Crippen molar-refractivity contribution in [2.24, 2.45) is 10.3 Å². The van der Waals surface area contributed by atoms with Gasteiger partial charge in [0.25, 0.3) is 11.8 Å². The molecule has 31 heavy (non-hydrogen) atoms. The molecular formula is C20H14BrFN6O3. The Balaban J connectivity index is 1.38. The van der Waals surface area contributed by atoms with Crippen LogP contribution >= 0.6 is 15.9 Å². The van der Waals surface area contributed by atoms with E-state index in [4.69, 9.17) is 4.52 Å². The van der Waals surface area contributed by atoms with Crippen LogP contribution < -0.4 is 4.90 Å². The number of fused-ring (bicyclic) bond motifs is 1. The van der Waals surface area contributed by atoms with Crippen molar-refractivity contribution in [2.75, 3.05) is 4.90 Å². The predicted octanol–water partition coefficient (Wildman–Crippen LogP) is 3.44. The van der Waals surface area contributed by atoms with Gasteiger partial charge in [-0.2, -0.15) is 10.1 Å². The summed E-state index contributed by atoms with van der Waals surface area (Å²) in [6.07, 6.45) is 0. The van der Waals surface area contributed by atoms with Gasteiger partial charge in [-0.15, -0.1) is 0 Å². The van der Waals surface area contributed by atoms with Gasteiger partial charge in [0.2, 0.25) is 11.7 Å². The second-order valence-corrected chi connectivity index (χ2v) is 7.98. The first-order valence-electron chi connectivity index (χ1n) is 9.33. The molecule has 0 radical (unpaired) electrons. The molecule has 2 aromatic carbocycles. The van der Waals surface area contributed by atoms with Gasteiger partial charge in [0.1, 0.15) is 12.4 Å². The number of benzene rings is 2. The number of carbonyl (C=O) groups is 2. The minimum atomic E-state index is -0.998.